The van der Waals surface area contributed by atoms with E-state index in [2.05, 4.69) is 17.6 Å². The summed E-state index contributed by atoms with van der Waals surface area (Å²) in [4.78, 5) is 18.8. The van der Waals surface area contributed by atoms with Crippen molar-refractivity contribution in [2.45, 2.75) is 33.2 Å². The second-order valence-electron chi connectivity index (χ2n) is 5.91. The Kier molecular flexibility index (Phi) is 4.51. The number of pyridine rings is 1. The van der Waals surface area contributed by atoms with Crippen LogP contribution in [0.2, 0.25) is 0 Å². The summed E-state index contributed by atoms with van der Waals surface area (Å²) in [6, 6.07) is 1.96. The first-order valence-electron chi connectivity index (χ1n) is 7.41. The van der Waals surface area contributed by atoms with Crippen LogP contribution in [-0.2, 0) is 4.79 Å². The van der Waals surface area contributed by atoms with Crippen LogP contribution in [0, 0.1) is 16.7 Å². The number of hydrogen-bond acceptors (Lipinski definition) is 4. The number of fused-ring (bicyclic) bond motifs is 1. The van der Waals surface area contributed by atoms with Crippen molar-refractivity contribution < 1.29 is 9.53 Å². The van der Waals surface area contributed by atoms with Gasteiger partial charge >= 0.3 is 0 Å². The second kappa shape index (κ2) is 6.18. The van der Waals surface area contributed by atoms with Gasteiger partial charge in [0, 0.05) is 18.0 Å². The van der Waals surface area contributed by atoms with Gasteiger partial charge in [0.2, 0.25) is 5.91 Å². The third-order valence-corrected chi connectivity index (χ3v) is 4.07. The first kappa shape index (κ1) is 16.0. The van der Waals surface area contributed by atoms with Crippen LogP contribution in [0.25, 0.3) is 0 Å². The van der Waals surface area contributed by atoms with Gasteiger partial charge in [-0.2, -0.15) is 5.26 Å². The molecule has 2 rings (SSSR count). The summed E-state index contributed by atoms with van der Waals surface area (Å²) in [5, 5.41) is 9.22. The minimum atomic E-state index is -0.641. The van der Waals surface area contributed by atoms with E-state index in [-0.39, 0.29) is 11.9 Å². The summed E-state index contributed by atoms with van der Waals surface area (Å²) in [5.41, 5.74) is 0.568. The molecule has 1 aliphatic rings. The van der Waals surface area contributed by atoms with Crippen molar-refractivity contribution in [3.8, 4) is 11.8 Å². The van der Waals surface area contributed by atoms with Gasteiger partial charge in [0.15, 0.2) is 0 Å². The number of amides is 1. The lowest BCUT2D eigenvalue weighted by atomic mass is 9.90. The van der Waals surface area contributed by atoms with Gasteiger partial charge in [-0.25, -0.2) is 0 Å². The van der Waals surface area contributed by atoms with E-state index in [9.17, 15) is 10.1 Å². The van der Waals surface area contributed by atoms with Crippen molar-refractivity contribution >= 4 is 5.91 Å². The molecule has 0 unspecified atom stereocenters. The average Bonchev–Trinajstić information content (AvgIpc) is 2.72. The highest BCUT2D eigenvalue weighted by atomic mass is 16.5. The van der Waals surface area contributed by atoms with E-state index in [1.165, 1.54) is 6.20 Å². The van der Waals surface area contributed by atoms with Gasteiger partial charge in [-0.15, -0.1) is 6.58 Å². The van der Waals surface area contributed by atoms with Crippen molar-refractivity contribution in [1.29, 1.82) is 5.26 Å². The number of ether oxygens (including phenoxy) is 1. The number of carbonyl (C=O) groups is 1. The Labute approximate surface area is 131 Å². The zero-order valence-corrected chi connectivity index (χ0v) is 13.3. The monoisotopic (exact) mass is 299 g/mol. The molecule has 0 aromatic carbocycles. The molecule has 0 fully saturated rings. The largest absolute Gasteiger partial charge is 0.490 e. The molecule has 0 spiro atoms. The highest BCUT2D eigenvalue weighted by Crippen LogP contribution is 2.37. The Morgan fingerprint density at radius 1 is 1.64 bits per heavy atom. The summed E-state index contributed by atoms with van der Waals surface area (Å²) in [6.45, 7) is 10.3. The highest BCUT2D eigenvalue weighted by molar-refractivity contribution is 5.84. The molecule has 0 aliphatic carbocycles. The van der Waals surface area contributed by atoms with Crippen LogP contribution in [-0.4, -0.2) is 28.9 Å². The van der Waals surface area contributed by atoms with Crippen LogP contribution in [0.4, 0.5) is 0 Å². The van der Waals surface area contributed by atoms with E-state index in [1.54, 1.807) is 12.3 Å². The molecule has 0 radical (unpaired) electrons. The first-order chi connectivity index (χ1) is 10.5. The van der Waals surface area contributed by atoms with Gasteiger partial charge in [0.1, 0.15) is 24.0 Å². The average molecular weight is 299 g/mol. The fourth-order valence-corrected chi connectivity index (χ4v) is 2.65. The molecule has 0 bridgehead atoms. The summed E-state index contributed by atoms with van der Waals surface area (Å²) < 4.78 is 5.75. The standard InChI is InChI=1S/C17H21N3O2/c1-5-14-13-11-19-10-12(9-18)15(13)22-8-7-20(14)16(21)17(3,4)6-2/h6,10-11,14H,2,5,7-8H2,1,3-4H3/t14-/m0/s1. The number of aromatic nitrogens is 1. The summed E-state index contributed by atoms with van der Waals surface area (Å²) >= 11 is 0. The molecular formula is C17H21N3O2. The molecule has 22 heavy (non-hydrogen) atoms. The highest BCUT2D eigenvalue weighted by Gasteiger charge is 2.36. The summed E-state index contributed by atoms with van der Waals surface area (Å²) in [7, 11) is 0. The number of nitrogens with zero attached hydrogens (tertiary/aromatic N) is 3. The Balaban J connectivity index is 2.50. The molecule has 1 atom stereocenters. The number of hydrogen-bond donors (Lipinski definition) is 0. The number of rotatable bonds is 3. The molecule has 2 heterocycles. The first-order valence-corrected chi connectivity index (χ1v) is 7.41. The van der Waals surface area contributed by atoms with Gasteiger partial charge in [-0.1, -0.05) is 13.0 Å². The van der Waals surface area contributed by atoms with Gasteiger partial charge < -0.3 is 9.64 Å². The Morgan fingerprint density at radius 3 is 2.95 bits per heavy atom. The maximum absolute atomic E-state index is 12.9. The van der Waals surface area contributed by atoms with Crippen LogP contribution in [0.15, 0.2) is 25.0 Å². The smallest absolute Gasteiger partial charge is 0.232 e. The molecule has 1 amide bonds. The molecule has 0 saturated carbocycles. The normalized spacial score (nSPS) is 17.7. The lowest BCUT2D eigenvalue weighted by molar-refractivity contribution is -0.140. The van der Waals surface area contributed by atoms with Crippen LogP contribution in [0.5, 0.6) is 5.75 Å². The molecule has 1 aliphatic heterocycles. The van der Waals surface area contributed by atoms with Crippen molar-refractivity contribution in [2.24, 2.45) is 5.41 Å². The van der Waals surface area contributed by atoms with E-state index >= 15 is 0 Å². The number of carbonyl (C=O) groups excluding carboxylic acids is 1. The van der Waals surface area contributed by atoms with Crippen LogP contribution < -0.4 is 4.74 Å². The predicted octanol–water partition coefficient (Wildman–Crippen LogP) is 2.84. The quantitative estimate of drug-likeness (QED) is 0.805. The number of nitriles is 1. The van der Waals surface area contributed by atoms with Crippen LogP contribution in [0.3, 0.4) is 0 Å². The third-order valence-electron chi connectivity index (χ3n) is 4.07. The van der Waals surface area contributed by atoms with Crippen molar-refractivity contribution in [3.63, 3.8) is 0 Å². The van der Waals surface area contributed by atoms with Crippen molar-refractivity contribution in [2.75, 3.05) is 13.2 Å². The van der Waals surface area contributed by atoms with Crippen LogP contribution in [0.1, 0.15) is 44.4 Å². The molecule has 1 aromatic rings. The lowest BCUT2D eigenvalue weighted by Gasteiger charge is -2.34. The molecule has 0 N–H and O–H groups in total. The van der Waals surface area contributed by atoms with E-state index < -0.39 is 5.41 Å². The van der Waals surface area contributed by atoms with Crippen LogP contribution >= 0.6 is 0 Å². The van der Waals surface area contributed by atoms with E-state index in [0.717, 1.165) is 12.0 Å². The van der Waals surface area contributed by atoms with Crippen molar-refractivity contribution in [3.05, 3.63) is 36.2 Å². The molecule has 0 saturated heterocycles. The third kappa shape index (κ3) is 2.69. The lowest BCUT2D eigenvalue weighted by Crippen LogP contribution is -2.43. The molecule has 5 nitrogen and oxygen atoms in total. The molecule has 5 heteroatoms. The molecule has 1 aromatic heterocycles. The van der Waals surface area contributed by atoms with E-state index in [0.29, 0.717) is 24.5 Å². The Hall–Kier alpha value is -2.35. The van der Waals surface area contributed by atoms with E-state index in [1.807, 2.05) is 25.7 Å². The summed E-state index contributed by atoms with van der Waals surface area (Å²) in [6.07, 6.45) is 5.58. The zero-order valence-electron chi connectivity index (χ0n) is 13.3. The fraction of sp³-hybridized carbons (Fsp3) is 0.471. The van der Waals surface area contributed by atoms with Gasteiger partial charge in [-0.05, 0) is 20.3 Å². The van der Waals surface area contributed by atoms with Gasteiger partial charge in [0.05, 0.1) is 18.0 Å². The maximum Gasteiger partial charge on any atom is 0.232 e. The van der Waals surface area contributed by atoms with Gasteiger partial charge in [0.25, 0.3) is 0 Å². The summed E-state index contributed by atoms with van der Waals surface area (Å²) in [5.74, 6) is 0.559. The molecule has 116 valence electrons. The maximum atomic E-state index is 12.9. The fourth-order valence-electron chi connectivity index (χ4n) is 2.65. The predicted molar refractivity (Wildman–Crippen MR) is 83.2 cm³/mol. The topological polar surface area (TPSA) is 66.2 Å². The van der Waals surface area contributed by atoms with Gasteiger partial charge in [-0.3, -0.25) is 9.78 Å². The van der Waals surface area contributed by atoms with E-state index in [4.69, 9.17) is 4.74 Å². The molecular weight excluding hydrogens is 278 g/mol. The minimum Gasteiger partial charge on any atom is -0.490 e. The minimum absolute atomic E-state index is 0.00756. The second-order valence-corrected chi connectivity index (χ2v) is 5.91. The Morgan fingerprint density at radius 2 is 2.36 bits per heavy atom. The Bertz CT molecular complexity index is 631. The zero-order chi connectivity index (χ0) is 16.3. The SMILES string of the molecule is C=CC(C)(C)C(=O)N1CCOc2c(C#N)cncc2[C@@H]1CC. The van der Waals surface area contributed by atoms with Crippen molar-refractivity contribution in [1.82, 2.24) is 9.88 Å².